The van der Waals surface area contributed by atoms with Crippen LogP contribution >= 0.6 is 0 Å². The Morgan fingerprint density at radius 2 is 2.27 bits per heavy atom. The van der Waals surface area contributed by atoms with Gasteiger partial charge in [0.2, 0.25) is 0 Å². The number of methoxy groups -OCH3 is 1. The topological polar surface area (TPSA) is 98.6 Å². The van der Waals surface area contributed by atoms with E-state index < -0.39 is 12.0 Å². The molecular formula is C10H14N2O3. The van der Waals surface area contributed by atoms with Crippen LogP contribution in [0.25, 0.3) is 0 Å². The summed E-state index contributed by atoms with van der Waals surface area (Å²) in [5.74, 6) is -0.398. The highest BCUT2D eigenvalue weighted by Crippen LogP contribution is 2.20. The van der Waals surface area contributed by atoms with Gasteiger partial charge >= 0.3 is 5.97 Å². The van der Waals surface area contributed by atoms with Crippen molar-refractivity contribution in [2.45, 2.75) is 12.5 Å². The molecular weight excluding hydrogens is 196 g/mol. The normalized spacial score (nSPS) is 12.1. The summed E-state index contributed by atoms with van der Waals surface area (Å²) < 4.78 is 4.97. The second-order valence-corrected chi connectivity index (χ2v) is 3.21. The lowest BCUT2D eigenvalue weighted by Gasteiger charge is -2.10. The summed E-state index contributed by atoms with van der Waals surface area (Å²) in [4.78, 5) is 10.5. The molecule has 0 aliphatic carbocycles. The third-order valence-electron chi connectivity index (χ3n) is 2.11. The number of benzene rings is 1. The molecule has 1 aromatic rings. The molecule has 0 amide bonds. The van der Waals surface area contributed by atoms with Crippen LogP contribution in [0.4, 0.5) is 5.69 Å². The van der Waals surface area contributed by atoms with Crippen LogP contribution in [0.5, 0.6) is 5.75 Å². The zero-order valence-electron chi connectivity index (χ0n) is 8.43. The van der Waals surface area contributed by atoms with Gasteiger partial charge in [0.15, 0.2) is 0 Å². The van der Waals surface area contributed by atoms with Crippen molar-refractivity contribution >= 4 is 11.7 Å². The van der Waals surface area contributed by atoms with Gasteiger partial charge in [-0.2, -0.15) is 0 Å². The van der Waals surface area contributed by atoms with Crippen molar-refractivity contribution < 1.29 is 14.6 Å². The minimum Gasteiger partial charge on any atom is -0.497 e. The predicted molar refractivity (Wildman–Crippen MR) is 56.7 cm³/mol. The summed E-state index contributed by atoms with van der Waals surface area (Å²) in [6.45, 7) is 0. The zero-order valence-corrected chi connectivity index (χ0v) is 8.43. The first-order chi connectivity index (χ1) is 7.04. The number of ether oxygens (including phenoxy) is 1. The fourth-order valence-corrected chi connectivity index (χ4v) is 1.21. The number of carboxylic acid groups (broad SMARTS) is 1. The number of aliphatic carboxylic acids is 1. The molecule has 0 saturated heterocycles. The Kier molecular flexibility index (Phi) is 3.51. The number of carbonyl (C=O) groups is 1. The van der Waals surface area contributed by atoms with E-state index in [1.807, 2.05) is 0 Å². The van der Waals surface area contributed by atoms with Crippen molar-refractivity contribution in [2.24, 2.45) is 5.73 Å². The molecule has 1 rings (SSSR count). The molecule has 0 fully saturated rings. The van der Waals surface area contributed by atoms with Crippen molar-refractivity contribution in [3.8, 4) is 5.75 Å². The Bertz CT molecular complexity index is 366. The Hall–Kier alpha value is -1.75. The fourth-order valence-electron chi connectivity index (χ4n) is 1.21. The van der Waals surface area contributed by atoms with E-state index in [4.69, 9.17) is 21.3 Å². The molecule has 0 aromatic heterocycles. The Balaban J connectivity index is 2.82. The van der Waals surface area contributed by atoms with Crippen molar-refractivity contribution in [3.63, 3.8) is 0 Å². The van der Waals surface area contributed by atoms with E-state index in [0.29, 0.717) is 17.0 Å². The van der Waals surface area contributed by atoms with E-state index in [1.54, 1.807) is 18.2 Å². The summed E-state index contributed by atoms with van der Waals surface area (Å²) in [5.41, 5.74) is 12.3. The highest BCUT2D eigenvalue weighted by atomic mass is 16.5. The zero-order chi connectivity index (χ0) is 11.4. The van der Waals surface area contributed by atoms with Gasteiger partial charge in [0.1, 0.15) is 11.8 Å². The summed E-state index contributed by atoms with van der Waals surface area (Å²) in [6.07, 6.45) is 0.213. The van der Waals surface area contributed by atoms with Gasteiger partial charge in [-0.3, -0.25) is 4.79 Å². The van der Waals surface area contributed by atoms with Crippen molar-refractivity contribution in [3.05, 3.63) is 23.8 Å². The molecule has 82 valence electrons. The molecule has 0 radical (unpaired) electrons. The van der Waals surface area contributed by atoms with Gasteiger partial charge in [-0.05, 0) is 11.6 Å². The van der Waals surface area contributed by atoms with Gasteiger partial charge in [-0.1, -0.05) is 6.07 Å². The number of rotatable bonds is 4. The van der Waals surface area contributed by atoms with Crippen molar-refractivity contribution in [1.82, 2.24) is 0 Å². The molecule has 1 aromatic carbocycles. The molecule has 0 heterocycles. The van der Waals surface area contributed by atoms with Crippen LogP contribution in [0, 0.1) is 0 Å². The third kappa shape index (κ3) is 2.85. The smallest absolute Gasteiger partial charge is 0.320 e. The Morgan fingerprint density at radius 3 is 2.73 bits per heavy atom. The molecule has 1 atom stereocenters. The van der Waals surface area contributed by atoms with E-state index in [2.05, 4.69) is 0 Å². The van der Waals surface area contributed by atoms with E-state index in [1.165, 1.54) is 7.11 Å². The summed E-state index contributed by atoms with van der Waals surface area (Å²) in [5, 5.41) is 8.64. The second-order valence-electron chi connectivity index (χ2n) is 3.21. The molecule has 15 heavy (non-hydrogen) atoms. The van der Waals surface area contributed by atoms with Gasteiger partial charge < -0.3 is 21.3 Å². The van der Waals surface area contributed by atoms with Crippen molar-refractivity contribution in [1.29, 1.82) is 0 Å². The molecule has 0 aliphatic heterocycles. The lowest BCUT2D eigenvalue weighted by molar-refractivity contribution is -0.138. The van der Waals surface area contributed by atoms with Crippen LogP contribution in [0.1, 0.15) is 5.56 Å². The number of nitrogens with two attached hydrogens (primary N) is 2. The average molecular weight is 210 g/mol. The lowest BCUT2D eigenvalue weighted by atomic mass is 10.0. The first-order valence-corrected chi connectivity index (χ1v) is 4.45. The van der Waals surface area contributed by atoms with Gasteiger partial charge in [-0.15, -0.1) is 0 Å². The molecule has 0 saturated carbocycles. The minimum atomic E-state index is -1.04. The highest BCUT2D eigenvalue weighted by molar-refractivity contribution is 5.74. The molecule has 1 unspecified atom stereocenters. The number of hydrogen-bond acceptors (Lipinski definition) is 4. The Morgan fingerprint density at radius 1 is 1.60 bits per heavy atom. The maximum absolute atomic E-state index is 10.5. The number of anilines is 1. The van der Waals surface area contributed by atoms with Crippen LogP contribution in [0.3, 0.4) is 0 Å². The van der Waals surface area contributed by atoms with Gasteiger partial charge in [0.25, 0.3) is 0 Å². The Labute approximate surface area is 87.6 Å². The second kappa shape index (κ2) is 4.65. The standard InChI is InChI=1S/C10H14N2O3/c1-15-7-3-2-6(8(11)5-7)4-9(12)10(13)14/h2-3,5,9H,4,11-12H2,1H3,(H,13,14). The molecule has 0 aliphatic rings. The van der Waals surface area contributed by atoms with Crippen LogP contribution in [-0.4, -0.2) is 24.2 Å². The van der Waals surface area contributed by atoms with Gasteiger partial charge in [-0.25, -0.2) is 0 Å². The first kappa shape index (κ1) is 11.3. The van der Waals surface area contributed by atoms with Crippen LogP contribution in [0.15, 0.2) is 18.2 Å². The van der Waals surface area contributed by atoms with Gasteiger partial charge in [0, 0.05) is 18.2 Å². The molecule has 5 N–H and O–H groups in total. The van der Waals surface area contributed by atoms with Crippen LogP contribution in [0.2, 0.25) is 0 Å². The molecule has 0 bridgehead atoms. The first-order valence-electron chi connectivity index (χ1n) is 4.45. The quantitative estimate of drug-likeness (QED) is 0.618. The van der Waals surface area contributed by atoms with Crippen LogP contribution in [-0.2, 0) is 11.2 Å². The molecule has 5 nitrogen and oxygen atoms in total. The monoisotopic (exact) mass is 210 g/mol. The predicted octanol–water partition coefficient (Wildman–Crippen LogP) is 0.232. The number of nitrogen functional groups attached to an aromatic ring is 1. The third-order valence-corrected chi connectivity index (χ3v) is 2.11. The summed E-state index contributed by atoms with van der Waals surface area (Å²) in [7, 11) is 1.54. The van der Waals surface area contributed by atoms with E-state index in [9.17, 15) is 4.79 Å². The SMILES string of the molecule is COc1ccc(CC(N)C(=O)O)c(N)c1. The maximum Gasteiger partial charge on any atom is 0.320 e. The number of hydrogen-bond donors (Lipinski definition) is 3. The van der Waals surface area contributed by atoms with Crippen molar-refractivity contribution in [2.75, 3.05) is 12.8 Å². The largest absolute Gasteiger partial charge is 0.497 e. The van der Waals surface area contributed by atoms with E-state index in [0.717, 1.165) is 0 Å². The minimum absolute atomic E-state index is 0.213. The summed E-state index contributed by atoms with van der Waals surface area (Å²) in [6, 6.07) is 4.15. The average Bonchev–Trinajstić information content (AvgIpc) is 2.20. The van der Waals surface area contributed by atoms with E-state index in [-0.39, 0.29) is 6.42 Å². The summed E-state index contributed by atoms with van der Waals surface area (Å²) >= 11 is 0. The fraction of sp³-hybridized carbons (Fsp3) is 0.300. The van der Waals surface area contributed by atoms with E-state index >= 15 is 0 Å². The van der Waals surface area contributed by atoms with Crippen LogP contribution < -0.4 is 16.2 Å². The number of carboxylic acids is 1. The molecule has 5 heteroatoms. The molecule has 0 spiro atoms. The highest BCUT2D eigenvalue weighted by Gasteiger charge is 2.13. The lowest BCUT2D eigenvalue weighted by Crippen LogP contribution is -2.32. The van der Waals surface area contributed by atoms with Gasteiger partial charge in [0.05, 0.1) is 7.11 Å². The maximum atomic E-state index is 10.5.